The van der Waals surface area contributed by atoms with Crippen LogP contribution in [0.1, 0.15) is 5.56 Å². The van der Waals surface area contributed by atoms with Gasteiger partial charge >= 0.3 is 0 Å². The number of carbonyl (C=O) groups is 2. The monoisotopic (exact) mass is 439 g/mol. The molecule has 0 spiro atoms. The first-order valence-electron chi connectivity index (χ1n) is 7.00. The van der Waals surface area contributed by atoms with Gasteiger partial charge in [0.1, 0.15) is 0 Å². The summed E-state index contributed by atoms with van der Waals surface area (Å²) in [5.41, 5.74) is 1.03. The number of rotatable bonds is 3. The van der Waals surface area contributed by atoms with Gasteiger partial charge in [0.15, 0.2) is 11.5 Å². The number of amides is 2. The molecule has 5 nitrogen and oxygen atoms in total. The normalized spacial score (nSPS) is 16.0. The number of hydrogen-bond acceptors (Lipinski definition) is 5. The van der Waals surface area contributed by atoms with Crippen LogP contribution in [0, 0.1) is 0 Å². The minimum Gasteiger partial charge on any atom is -0.503 e. The molecule has 1 fully saturated rings. The number of hydrogen-bond donors (Lipinski definition) is 1. The molecule has 0 atom stereocenters. The lowest BCUT2D eigenvalue weighted by Crippen LogP contribution is -2.27. The number of ether oxygens (including phenoxy) is 1. The molecule has 1 heterocycles. The van der Waals surface area contributed by atoms with Crippen molar-refractivity contribution in [3.05, 3.63) is 56.4 Å². The number of thioether (sulfide) groups is 1. The van der Waals surface area contributed by atoms with Gasteiger partial charge in [-0.2, -0.15) is 0 Å². The van der Waals surface area contributed by atoms with Gasteiger partial charge in [-0.1, -0.05) is 17.7 Å². The molecule has 2 aromatic carbocycles. The fraction of sp³-hybridized carbons (Fsp3) is 0.0588. The van der Waals surface area contributed by atoms with Crippen LogP contribution in [0.3, 0.4) is 0 Å². The molecule has 1 aliphatic heterocycles. The van der Waals surface area contributed by atoms with E-state index in [1.54, 1.807) is 42.5 Å². The Morgan fingerprint density at radius 2 is 2.04 bits per heavy atom. The van der Waals surface area contributed by atoms with Gasteiger partial charge < -0.3 is 9.84 Å². The Morgan fingerprint density at radius 3 is 2.72 bits per heavy atom. The molecule has 1 aliphatic rings. The van der Waals surface area contributed by atoms with Crippen LogP contribution in [-0.4, -0.2) is 23.4 Å². The first-order chi connectivity index (χ1) is 11.9. The molecular formula is C17H11BrClNO4S. The molecule has 128 valence electrons. The van der Waals surface area contributed by atoms with Crippen LogP contribution >= 0.6 is 39.3 Å². The Labute approximate surface area is 161 Å². The highest BCUT2D eigenvalue weighted by Crippen LogP contribution is 2.39. The molecule has 2 aromatic rings. The third-order valence-corrected chi connectivity index (χ3v) is 5.14. The van der Waals surface area contributed by atoms with E-state index in [1.807, 2.05) is 0 Å². The van der Waals surface area contributed by atoms with E-state index in [0.29, 0.717) is 20.7 Å². The highest BCUT2D eigenvalue weighted by atomic mass is 79.9. The predicted octanol–water partition coefficient (Wildman–Crippen LogP) is 5.06. The summed E-state index contributed by atoms with van der Waals surface area (Å²) < 4.78 is 5.51. The third kappa shape index (κ3) is 3.53. The van der Waals surface area contributed by atoms with E-state index in [0.717, 1.165) is 16.7 Å². The molecule has 0 bridgehead atoms. The van der Waals surface area contributed by atoms with Gasteiger partial charge in [0.2, 0.25) is 0 Å². The summed E-state index contributed by atoms with van der Waals surface area (Å²) in [7, 11) is 1.43. The number of methoxy groups -OCH3 is 1. The number of anilines is 1. The minimum absolute atomic E-state index is 0.0355. The summed E-state index contributed by atoms with van der Waals surface area (Å²) in [6.07, 6.45) is 1.57. The van der Waals surface area contributed by atoms with Crippen LogP contribution in [0.15, 0.2) is 45.8 Å². The Balaban J connectivity index is 1.97. The smallest absolute Gasteiger partial charge is 0.298 e. The molecule has 0 unspecified atom stereocenters. The van der Waals surface area contributed by atoms with Crippen LogP contribution < -0.4 is 9.64 Å². The molecule has 1 N–H and O–H groups in total. The lowest BCUT2D eigenvalue weighted by atomic mass is 10.2. The van der Waals surface area contributed by atoms with Crippen molar-refractivity contribution in [2.45, 2.75) is 0 Å². The van der Waals surface area contributed by atoms with Crippen LogP contribution in [-0.2, 0) is 4.79 Å². The predicted molar refractivity (Wildman–Crippen MR) is 102 cm³/mol. The van der Waals surface area contributed by atoms with Crippen LogP contribution in [0.4, 0.5) is 10.5 Å². The average molecular weight is 441 g/mol. The van der Waals surface area contributed by atoms with E-state index in [2.05, 4.69) is 15.9 Å². The second kappa shape index (κ2) is 7.11. The van der Waals surface area contributed by atoms with E-state index in [1.165, 1.54) is 7.11 Å². The van der Waals surface area contributed by atoms with Crippen molar-refractivity contribution >= 4 is 62.2 Å². The maximum absolute atomic E-state index is 12.6. The summed E-state index contributed by atoms with van der Waals surface area (Å²) in [4.78, 5) is 26.2. The number of aromatic hydroxyl groups is 1. The van der Waals surface area contributed by atoms with Crippen LogP contribution in [0.25, 0.3) is 6.08 Å². The second-order valence-corrected chi connectivity index (χ2v) is 7.33. The molecular weight excluding hydrogens is 430 g/mol. The maximum atomic E-state index is 12.6. The number of imide groups is 1. The van der Waals surface area contributed by atoms with E-state index in [-0.39, 0.29) is 16.4 Å². The van der Waals surface area contributed by atoms with Gasteiger partial charge in [-0.3, -0.25) is 9.59 Å². The third-order valence-electron chi connectivity index (χ3n) is 3.43. The number of carbonyl (C=O) groups excluding carboxylic acids is 2. The molecule has 0 saturated carbocycles. The van der Waals surface area contributed by atoms with E-state index in [4.69, 9.17) is 16.3 Å². The summed E-state index contributed by atoms with van der Waals surface area (Å²) in [6.45, 7) is 0. The van der Waals surface area contributed by atoms with Gasteiger partial charge in [-0.15, -0.1) is 0 Å². The Morgan fingerprint density at radius 1 is 1.28 bits per heavy atom. The van der Waals surface area contributed by atoms with Crippen LogP contribution in [0.2, 0.25) is 5.02 Å². The van der Waals surface area contributed by atoms with Crippen molar-refractivity contribution in [2.75, 3.05) is 12.0 Å². The summed E-state index contributed by atoms with van der Waals surface area (Å²) in [6, 6.07) is 9.75. The average Bonchev–Trinajstić information content (AvgIpc) is 2.84. The number of nitrogens with zero attached hydrogens (tertiary/aromatic N) is 1. The molecule has 1 saturated heterocycles. The second-order valence-electron chi connectivity index (χ2n) is 5.05. The number of phenols is 1. The molecule has 25 heavy (non-hydrogen) atoms. The quantitative estimate of drug-likeness (QED) is 0.676. The molecule has 2 amide bonds. The molecule has 0 radical (unpaired) electrons. The standard InChI is InChI=1S/C17H11BrClNO4S/c1-24-13-6-9(5-12(18)15(13)21)7-14-16(22)20(17(23)25-14)11-4-2-3-10(19)8-11/h2-8,21H,1H3/b14-7-. The SMILES string of the molecule is COc1cc(/C=C2\SC(=O)N(c3cccc(Cl)c3)C2=O)cc(Br)c1O. The van der Waals surface area contributed by atoms with Gasteiger partial charge in [-0.05, 0) is 69.7 Å². The Kier molecular flexibility index (Phi) is 5.08. The topological polar surface area (TPSA) is 66.8 Å². The number of phenolic OH excluding ortho intramolecular Hbond substituents is 1. The fourth-order valence-corrected chi connectivity index (χ4v) is 3.78. The largest absolute Gasteiger partial charge is 0.503 e. The van der Waals surface area contributed by atoms with Crippen molar-refractivity contribution in [2.24, 2.45) is 0 Å². The maximum Gasteiger partial charge on any atom is 0.298 e. The molecule has 0 aliphatic carbocycles. The highest BCUT2D eigenvalue weighted by molar-refractivity contribution is 9.10. The summed E-state index contributed by atoms with van der Waals surface area (Å²) >= 11 is 10.0. The molecule has 0 aromatic heterocycles. The Bertz CT molecular complexity index is 916. The highest BCUT2D eigenvalue weighted by Gasteiger charge is 2.36. The summed E-state index contributed by atoms with van der Waals surface area (Å²) in [5.74, 6) is -0.207. The van der Waals surface area contributed by atoms with Crippen molar-refractivity contribution in [1.29, 1.82) is 0 Å². The Hall–Kier alpha value is -1.96. The molecule has 8 heteroatoms. The van der Waals surface area contributed by atoms with Gasteiger partial charge in [0.05, 0.1) is 22.2 Å². The first kappa shape index (κ1) is 17.8. The zero-order chi connectivity index (χ0) is 18.1. The van der Waals surface area contributed by atoms with E-state index >= 15 is 0 Å². The number of halogens is 2. The van der Waals surface area contributed by atoms with Gasteiger partial charge in [-0.25, -0.2) is 4.90 Å². The van der Waals surface area contributed by atoms with Crippen molar-refractivity contribution in [3.8, 4) is 11.5 Å². The van der Waals surface area contributed by atoms with Crippen molar-refractivity contribution in [1.82, 2.24) is 0 Å². The van der Waals surface area contributed by atoms with Crippen molar-refractivity contribution < 1.29 is 19.4 Å². The lowest BCUT2D eigenvalue weighted by Gasteiger charge is -2.12. The number of benzene rings is 2. The zero-order valence-electron chi connectivity index (χ0n) is 12.8. The summed E-state index contributed by atoms with van der Waals surface area (Å²) in [5, 5.41) is 9.89. The van der Waals surface area contributed by atoms with Crippen molar-refractivity contribution in [3.63, 3.8) is 0 Å². The van der Waals surface area contributed by atoms with Gasteiger partial charge in [0, 0.05) is 5.02 Å². The van der Waals surface area contributed by atoms with E-state index in [9.17, 15) is 14.7 Å². The minimum atomic E-state index is -0.430. The fourth-order valence-electron chi connectivity index (χ4n) is 2.29. The first-order valence-corrected chi connectivity index (χ1v) is 8.99. The molecule has 3 rings (SSSR count). The zero-order valence-corrected chi connectivity index (χ0v) is 16.0. The lowest BCUT2D eigenvalue weighted by molar-refractivity contribution is -0.113. The van der Waals surface area contributed by atoms with Gasteiger partial charge in [0.25, 0.3) is 11.1 Å². The van der Waals surface area contributed by atoms with E-state index < -0.39 is 11.1 Å². The van der Waals surface area contributed by atoms with Crippen LogP contribution in [0.5, 0.6) is 11.5 Å².